The summed E-state index contributed by atoms with van der Waals surface area (Å²) < 4.78 is 5.53. The molecule has 1 aliphatic carbocycles. The number of carbonyl (C=O) groups is 2. The fourth-order valence-corrected chi connectivity index (χ4v) is 4.82. The number of hydrogen-bond donors (Lipinski definition) is 1. The van der Waals surface area contributed by atoms with E-state index < -0.39 is 5.92 Å². The molecule has 0 saturated heterocycles. The molecule has 0 radical (unpaired) electrons. The van der Waals surface area contributed by atoms with Gasteiger partial charge in [0.05, 0.1) is 12.2 Å². The zero-order valence-electron chi connectivity index (χ0n) is 19.1. The molecule has 0 unspecified atom stereocenters. The van der Waals surface area contributed by atoms with Crippen LogP contribution in [0.25, 0.3) is 0 Å². The molecule has 32 heavy (non-hydrogen) atoms. The lowest BCUT2D eigenvalue weighted by atomic mass is 9.71. The molecule has 4 nitrogen and oxygen atoms in total. The molecule has 2 aromatic carbocycles. The molecule has 1 heterocycles. The topological polar surface area (TPSA) is 55.4 Å². The van der Waals surface area contributed by atoms with Gasteiger partial charge in [0.1, 0.15) is 0 Å². The molecule has 1 N–H and O–H groups in total. The third-order valence-electron chi connectivity index (χ3n) is 6.48. The van der Waals surface area contributed by atoms with Crippen LogP contribution < -0.4 is 5.32 Å². The van der Waals surface area contributed by atoms with E-state index >= 15 is 0 Å². The number of aryl methyl sites for hydroxylation is 1. The van der Waals surface area contributed by atoms with Crippen LogP contribution in [-0.2, 0) is 20.7 Å². The third kappa shape index (κ3) is 4.27. The van der Waals surface area contributed by atoms with Crippen LogP contribution in [0.1, 0.15) is 68.6 Å². The van der Waals surface area contributed by atoms with Gasteiger partial charge in [0.25, 0.3) is 0 Å². The van der Waals surface area contributed by atoms with Gasteiger partial charge in [-0.2, -0.15) is 0 Å². The summed E-state index contributed by atoms with van der Waals surface area (Å²) in [5, 5.41) is 3.42. The Bertz CT molecular complexity index is 1060. The van der Waals surface area contributed by atoms with Crippen LogP contribution in [0.4, 0.5) is 0 Å². The lowest BCUT2D eigenvalue weighted by Crippen LogP contribution is -2.36. The Hall–Kier alpha value is -3.14. The van der Waals surface area contributed by atoms with Crippen molar-refractivity contribution in [3.05, 3.63) is 93.8 Å². The van der Waals surface area contributed by atoms with Gasteiger partial charge in [-0.1, -0.05) is 68.4 Å². The van der Waals surface area contributed by atoms with Crippen molar-refractivity contribution in [2.45, 2.75) is 58.3 Å². The third-order valence-corrected chi connectivity index (χ3v) is 6.48. The smallest absolute Gasteiger partial charge is 0.336 e. The van der Waals surface area contributed by atoms with Crippen molar-refractivity contribution >= 4 is 11.8 Å². The summed E-state index contributed by atoms with van der Waals surface area (Å²) in [7, 11) is 0. The monoisotopic (exact) mass is 429 g/mol. The summed E-state index contributed by atoms with van der Waals surface area (Å²) >= 11 is 0. The van der Waals surface area contributed by atoms with Gasteiger partial charge in [-0.3, -0.25) is 4.79 Å². The number of dihydropyridines is 1. The molecule has 0 fully saturated rings. The maximum atomic E-state index is 13.5. The highest BCUT2D eigenvalue weighted by molar-refractivity contribution is 6.04. The molecule has 0 spiro atoms. The molecular weight excluding hydrogens is 398 g/mol. The number of rotatable bonds is 6. The number of hydrogen-bond acceptors (Lipinski definition) is 4. The minimum Gasteiger partial charge on any atom is -0.462 e. The molecule has 4 heteroatoms. The first kappa shape index (κ1) is 22.1. The van der Waals surface area contributed by atoms with E-state index in [4.69, 9.17) is 4.74 Å². The van der Waals surface area contributed by atoms with Crippen molar-refractivity contribution in [2.75, 3.05) is 6.61 Å². The van der Waals surface area contributed by atoms with Crippen molar-refractivity contribution in [2.24, 2.45) is 0 Å². The minimum absolute atomic E-state index is 0.102. The van der Waals surface area contributed by atoms with Crippen LogP contribution in [-0.4, -0.2) is 18.4 Å². The molecule has 2 aromatic rings. The van der Waals surface area contributed by atoms with Crippen molar-refractivity contribution in [3.63, 3.8) is 0 Å². The quantitative estimate of drug-likeness (QED) is 0.611. The lowest BCUT2D eigenvalue weighted by molar-refractivity contribution is -0.139. The Morgan fingerprint density at radius 2 is 1.72 bits per heavy atom. The van der Waals surface area contributed by atoms with Crippen molar-refractivity contribution in [1.29, 1.82) is 0 Å². The van der Waals surface area contributed by atoms with Gasteiger partial charge in [0, 0.05) is 29.3 Å². The van der Waals surface area contributed by atoms with Gasteiger partial charge >= 0.3 is 5.97 Å². The zero-order valence-corrected chi connectivity index (χ0v) is 19.1. The first-order chi connectivity index (χ1) is 15.5. The second kappa shape index (κ2) is 9.56. The van der Waals surface area contributed by atoms with E-state index in [0.29, 0.717) is 18.6 Å². The summed E-state index contributed by atoms with van der Waals surface area (Å²) in [5.41, 5.74) is 6.34. The van der Waals surface area contributed by atoms with Gasteiger partial charge in [-0.05, 0) is 48.8 Å². The van der Waals surface area contributed by atoms with E-state index in [1.165, 1.54) is 11.1 Å². The average Bonchev–Trinajstić information content (AvgIpc) is 2.82. The standard InChI is InChI=1S/C28H31NO3/c1-4-15-32-28(31)25-18(3)29-23-16-22(20-9-7-6-8-10-20)17-24(30)27(23)26(25)21-13-11-19(5-2)12-14-21/h6-14,22,26,29H,4-5,15-17H2,1-3H3/t22-,26+/m1/s1. The van der Waals surface area contributed by atoms with E-state index in [0.717, 1.165) is 41.8 Å². The van der Waals surface area contributed by atoms with Crippen molar-refractivity contribution < 1.29 is 14.3 Å². The minimum atomic E-state index is -0.397. The number of Topliss-reactive ketones (excluding diaryl/α,β-unsaturated/α-hetero) is 1. The maximum absolute atomic E-state index is 13.5. The highest BCUT2D eigenvalue weighted by Crippen LogP contribution is 2.45. The molecule has 2 atom stereocenters. The maximum Gasteiger partial charge on any atom is 0.336 e. The van der Waals surface area contributed by atoms with E-state index in [9.17, 15) is 9.59 Å². The predicted octanol–water partition coefficient (Wildman–Crippen LogP) is 5.56. The fraction of sp³-hybridized carbons (Fsp3) is 0.357. The Balaban J connectivity index is 1.77. The van der Waals surface area contributed by atoms with Crippen LogP contribution in [0, 0.1) is 0 Å². The van der Waals surface area contributed by atoms with E-state index in [1.807, 2.05) is 32.0 Å². The normalized spacial score (nSPS) is 20.7. The highest BCUT2D eigenvalue weighted by atomic mass is 16.5. The van der Waals surface area contributed by atoms with Crippen molar-refractivity contribution in [3.8, 4) is 0 Å². The van der Waals surface area contributed by atoms with Gasteiger partial charge < -0.3 is 10.1 Å². The van der Waals surface area contributed by atoms with Crippen molar-refractivity contribution in [1.82, 2.24) is 5.32 Å². The summed E-state index contributed by atoms with van der Waals surface area (Å²) in [6, 6.07) is 18.5. The van der Waals surface area contributed by atoms with E-state index in [2.05, 4.69) is 48.6 Å². The Kier molecular flexibility index (Phi) is 6.59. The first-order valence-electron chi connectivity index (χ1n) is 11.6. The molecule has 2 aliphatic rings. The number of nitrogens with one attached hydrogen (secondary N) is 1. The largest absolute Gasteiger partial charge is 0.462 e. The SMILES string of the molecule is CCCOC(=O)C1=C(C)NC2=C(C(=O)C[C@H](c3ccccc3)C2)[C@H]1c1ccc(CC)cc1. The van der Waals surface area contributed by atoms with Gasteiger partial charge in [0.15, 0.2) is 5.78 Å². The summed E-state index contributed by atoms with van der Waals surface area (Å²) in [6.07, 6.45) is 2.90. The summed E-state index contributed by atoms with van der Waals surface area (Å²) in [5.74, 6) is -0.499. The molecule has 0 bridgehead atoms. The van der Waals surface area contributed by atoms with Crippen LogP contribution in [0.2, 0.25) is 0 Å². The summed E-state index contributed by atoms with van der Waals surface area (Å²) in [6.45, 7) is 6.37. The number of allylic oxidation sites excluding steroid dienone is 3. The van der Waals surface area contributed by atoms with Crippen LogP contribution in [0.3, 0.4) is 0 Å². The molecule has 0 amide bonds. The van der Waals surface area contributed by atoms with Crippen LogP contribution in [0.15, 0.2) is 77.1 Å². The van der Waals surface area contributed by atoms with Crippen LogP contribution in [0.5, 0.6) is 0 Å². The molecule has 166 valence electrons. The van der Waals surface area contributed by atoms with Crippen LogP contribution >= 0.6 is 0 Å². The van der Waals surface area contributed by atoms with Gasteiger partial charge in [0.2, 0.25) is 0 Å². The first-order valence-corrected chi connectivity index (χ1v) is 11.6. The number of ether oxygens (including phenoxy) is 1. The number of carbonyl (C=O) groups excluding carboxylic acids is 2. The Labute approximate surface area is 190 Å². The molecule has 1 aliphatic heterocycles. The number of ketones is 1. The Morgan fingerprint density at radius 1 is 1.00 bits per heavy atom. The molecular formula is C28H31NO3. The fourth-order valence-electron chi connectivity index (χ4n) is 4.82. The highest BCUT2D eigenvalue weighted by Gasteiger charge is 2.41. The summed E-state index contributed by atoms with van der Waals surface area (Å²) in [4.78, 5) is 26.6. The van der Waals surface area contributed by atoms with Gasteiger partial charge in [-0.15, -0.1) is 0 Å². The molecule has 0 saturated carbocycles. The van der Waals surface area contributed by atoms with E-state index in [1.54, 1.807) is 0 Å². The Morgan fingerprint density at radius 3 is 2.38 bits per heavy atom. The predicted molar refractivity (Wildman–Crippen MR) is 126 cm³/mol. The number of benzene rings is 2. The second-order valence-electron chi connectivity index (χ2n) is 8.66. The number of esters is 1. The molecule has 4 rings (SSSR count). The molecule has 0 aromatic heterocycles. The van der Waals surface area contributed by atoms with Gasteiger partial charge in [-0.25, -0.2) is 4.79 Å². The lowest BCUT2D eigenvalue weighted by Gasteiger charge is -2.36. The zero-order chi connectivity index (χ0) is 22.7. The average molecular weight is 430 g/mol. The second-order valence-corrected chi connectivity index (χ2v) is 8.66. The van der Waals surface area contributed by atoms with E-state index in [-0.39, 0.29) is 17.7 Å².